The van der Waals surface area contributed by atoms with Gasteiger partial charge in [-0.05, 0) is 32.1 Å². The minimum atomic E-state index is -0.361. The first kappa shape index (κ1) is 12.8. The molecular formula is C13H23NO3. The molecule has 1 unspecified atom stereocenters. The van der Waals surface area contributed by atoms with E-state index in [2.05, 4.69) is 5.32 Å². The third-order valence-corrected chi connectivity index (χ3v) is 3.76. The Kier molecular flexibility index (Phi) is 4.80. The smallest absolute Gasteiger partial charge is 0.222 e. The molecule has 0 bridgehead atoms. The van der Waals surface area contributed by atoms with E-state index < -0.39 is 0 Å². The van der Waals surface area contributed by atoms with E-state index in [1.807, 2.05) is 0 Å². The number of rotatable bonds is 3. The summed E-state index contributed by atoms with van der Waals surface area (Å²) in [5.41, 5.74) is 0. The van der Waals surface area contributed by atoms with Gasteiger partial charge in [-0.1, -0.05) is 12.8 Å². The summed E-state index contributed by atoms with van der Waals surface area (Å²) in [6.45, 7) is 0.782. The Morgan fingerprint density at radius 2 is 1.94 bits per heavy atom. The number of hydrogen-bond donors (Lipinski definition) is 2. The molecule has 0 spiro atoms. The summed E-state index contributed by atoms with van der Waals surface area (Å²) in [5, 5.41) is 12.7. The normalized spacial score (nSPS) is 34.3. The third kappa shape index (κ3) is 3.96. The van der Waals surface area contributed by atoms with Crippen LogP contribution in [-0.4, -0.2) is 35.9 Å². The fourth-order valence-electron chi connectivity index (χ4n) is 2.72. The van der Waals surface area contributed by atoms with Crippen LogP contribution in [0.2, 0.25) is 0 Å². The van der Waals surface area contributed by atoms with Crippen molar-refractivity contribution in [2.75, 3.05) is 6.61 Å². The number of amides is 1. The van der Waals surface area contributed by atoms with Gasteiger partial charge in [0.25, 0.3) is 0 Å². The number of carbonyl (C=O) groups is 1. The molecule has 17 heavy (non-hydrogen) atoms. The number of nitrogens with one attached hydrogen (secondary N) is 1. The van der Waals surface area contributed by atoms with Gasteiger partial charge >= 0.3 is 0 Å². The minimum absolute atomic E-state index is 0.0304. The number of ether oxygens (including phenoxy) is 1. The van der Waals surface area contributed by atoms with Gasteiger partial charge in [0.1, 0.15) is 0 Å². The Morgan fingerprint density at radius 3 is 2.65 bits per heavy atom. The zero-order valence-electron chi connectivity index (χ0n) is 10.4. The predicted octanol–water partition coefficient (Wildman–Crippen LogP) is 1.37. The van der Waals surface area contributed by atoms with Crippen LogP contribution in [-0.2, 0) is 9.53 Å². The van der Waals surface area contributed by atoms with Crippen LogP contribution in [0.1, 0.15) is 51.4 Å². The van der Waals surface area contributed by atoms with Gasteiger partial charge < -0.3 is 15.2 Å². The Morgan fingerprint density at radius 1 is 1.18 bits per heavy atom. The third-order valence-electron chi connectivity index (χ3n) is 3.76. The van der Waals surface area contributed by atoms with E-state index in [1.54, 1.807) is 0 Å². The summed E-state index contributed by atoms with van der Waals surface area (Å²) in [6.07, 6.45) is 7.31. The second-order valence-corrected chi connectivity index (χ2v) is 5.22. The van der Waals surface area contributed by atoms with Crippen LogP contribution in [0.3, 0.4) is 0 Å². The molecule has 2 aliphatic rings. The van der Waals surface area contributed by atoms with E-state index >= 15 is 0 Å². The molecule has 4 nitrogen and oxygen atoms in total. The maximum Gasteiger partial charge on any atom is 0.222 e. The van der Waals surface area contributed by atoms with Crippen molar-refractivity contribution in [3.05, 3.63) is 0 Å². The lowest BCUT2D eigenvalue weighted by Crippen LogP contribution is -2.46. The van der Waals surface area contributed by atoms with Gasteiger partial charge in [0.15, 0.2) is 0 Å². The maximum atomic E-state index is 11.8. The van der Waals surface area contributed by atoms with Crippen LogP contribution in [0.4, 0.5) is 0 Å². The van der Waals surface area contributed by atoms with Crippen molar-refractivity contribution in [1.82, 2.24) is 5.32 Å². The average Bonchev–Trinajstić information content (AvgIpc) is 2.33. The van der Waals surface area contributed by atoms with Crippen LogP contribution in [0.15, 0.2) is 0 Å². The van der Waals surface area contributed by atoms with E-state index in [4.69, 9.17) is 4.74 Å². The summed E-state index contributed by atoms with van der Waals surface area (Å²) in [5.74, 6) is 0.0304. The molecule has 1 heterocycles. The molecule has 0 aromatic carbocycles. The van der Waals surface area contributed by atoms with Crippen LogP contribution < -0.4 is 5.32 Å². The quantitative estimate of drug-likeness (QED) is 0.784. The molecule has 3 atom stereocenters. The monoisotopic (exact) mass is 241 g/mol. The van der Waals surface area contributed by atoms with Crippen molar-refractivity contribution in [1.29, 1.82) is 0 Å². The van der Waals surface area contributed by atoms with E-state index in [0.29, 0.717) is 6.42 Å². The SMILES string of the molecule is O=C(CC1CCCCO1)N[C@@H]1CCCC[C@H]1O. The van der Waals surface area contributed by atoms with E-state index in [-0.39, 0.29) is 24.2 Å². The second kappa shape index (κ2) is 6.36. The number of hydrogen-bond acceptors (Lipinski definition) is 3. The van der Waals surface area contributed by atoms with Crippen molar-refractivity contribution < 1.29 is 14.6 Å². The molecular weight excluding hydrogens is 218 g/mol. The Hall–Kier alpha value is -0.610. The Labute approximate surface area is 103 Å². The molecule has 0 radical (unpaired) electrons. The summed E-state index contributed by atoms with van der Waals surface area (Å²) in [4.78, 5) is 11.8. The molecule has 98 valence electrons. The molecule has 4 heteroatoms. The number of aliphatic hydroxyl groups excluding tert-OH is 1. The highest BCUT2D eigenvalue weighted by atomic mass is 16.5. The number of carbonyl (C=O) groups excluding carboxylic acids is 1. The molecule has 2 rings (SSSR count). The summed E-state index contributed by atoms with van der Waals surface area (Å²) in [6, 6.07) is -0.0418. The average molecular weight is 241 g/mol. The predicted molar refractivity (Wildman–Crippen MR) is 64.6 cm³/mol. The van der Waals surface area contributed by atoms with Crippen molar-refractivity contribution in [3.63, 3.8) is 0 Å². The highest BCUT2D eigenvalue weighted by Gasteiger charge is 2.25. The van der Waals surface area contributed by atoms with Gasteiger partial charge in [-0.3, -0.25) is 4.79 Å². The van der Waals surface area contributed by atoms with Gasteiger partial charge in [-0.25, -0.2) is 0 Å². The van der Waals surface area contributed by atoms with Crippen molar-refractivity contribution in [2.45, 2.75) is 69.6 Å². The second-order valence-electron chi connectivity index (χ2n) is 5.22. The summed E-state index contributed by atoms with van der Waals surface area (Å²) in [7, 11) is 0. The fraction of sp³-hybridized carbons (Fsp3) is 0.923. The first-order valence-electron chi connectivity index (χ1n) is 6.85. The fourth-order valence-corrected chi connectivity index (χ4v) is 2.72. The molecule has 1 amide bonds. The van der Waals surface area contributed by atoms with E-state index in [1.165, 1.54) is 0 Å². The first-order chi connectivity index (χ1) is 8.25. The van der Waals surface area contributed by atoms with Gasteiger partial charge in [0.2, 0.25) is 5.91 Å². The molecule has 1 aliphatic heterocycles. The highest BCUT2D eigenvalue weighted by molar-refractivity contribution is 5.76. The van der Waals surface area contributed by atoms with Crippen LogP contribution >= 0.6 is 0 Å². The van der Waals surface area contributed by atoms with E-state index in [9.17, 15) is 9.90 Å². The highest BCUT2D eigenvalue weighted by Crippen LogP contribution is 2.19. The van der Waals surface area contributed by atoms with Crippen LogP contribution in [0.25, 0.3) is 0 Å². The lowest BCUT2D eigenvalue weighted by Gasteiger charge is -2.29. The van der Waals surface area contributed by atoms with Crippen LogP contribution in [0.5, 0.6) is 0 Å². The van der Waals surface area contributed by atoms with Gasteiger partial charge in [-0.15, -0.1) is 0 Å². The summed E-state index contributed by atoms with van der Waals surface area (Å²) < 4.78 is 5.54. The molecule has 2 fully saturated rings. The number of aliphatic hydroxyl groups is 1. The van der Waals surface area contributed by atoms with Crippen molar-refractivity contribution in [3.8, 4) is 0 Å². The van der Waals surface area contributed by atoms with Gasteiger partial charge in [0, 0.05) is 6.61 Å². The lowest BCUT2D eigenvalue weighted by molar-refractivity contribution is -0.126. The van der Waals surface area contributed by atoms with Crippen LogP contribution in [0, 0.1) is 0 Å². The van der Waals surface area contributed by atoms with Crippen molar-refractivity contribution >= 4 is 5.91 Å². The molecule has 0 aromatic heterocycles. The zero-order valence-corrected chi connectivity index (χ0v) is 10.4. The zero-order chi connectivity index (χ0) is 12.1. The van der Waals surface area contributed by atoms with Gasteiger partial charge in [-0.2, -0.15) is 0 Å². The summed E-state index contributed by atoms with van der Waals surface area (Å²) >= 11 is 0. The molecule has 2 N–H and O–H groups in total. The molecule has 1 saturated heterocycles. The standard InChI is InChI=1S/C13H23NO3/c15-12-7-2-1-6-11(12)14-13(16)9-10-5-3-4-8-17-10/h10-12,15H,1-9H2,(H,14,16)/t10?,11-,12-/m1/s1. The van der Waals surface area contributed by atoms with Gasteiger partial charge in [0.05, 0.1) is 24.7 Å². The molecule has 1 aliphatic carbocycles. The van der Waals surface area contributed by atoms with E-state index in [0.717, 1.165) is 51.6 Å². The Bertz CT molecular complexity index is 251. The molecule has 1 saturated carbocycles. The first-order valence-corrected chi connectivity index (χ1v) is 6.85. The largest absolute Gasteiger partial charge is 0.391 e. The Balaban J connectivity index is 1.72. The topological polar surface area (TPSA) is 58.6 Å². The molecule has 0 aromatic rings. The minimum Gasteiger partial charge on any atom is -0.391 e. The van der Waals surface area contributed by atoms with Crippen molar-refractivity contribution in [2.24, 2.45) is 0 Å². The maximum absolute atomic E-state index is 11.8. The lowest BCUT2D eigenvalue weighted by atomic mass is 9.92.